The summed E-state index contributed by atoms with van der Waals surface area (Å²) in [5, 5.41) is 3.02. The van der Waals surface area contributed by atoms with Crippen LogP contribution < -0.4 is 15.0 Å². The Balaban J connectivity index is 1.83. The standard InChI is InChI=1S/C19H24N4O2/c1-12-7-8-17(25-4)15(10-12)22-19(24)16-6-5-9-23(16)18-11-13(2)20-14(3)21-18/h7-8,10-11,16H,5-6,9H2,1-4H3,(H,22,24)/t16-/m0/s1. The van der Waals surface area contributed by atoms with E-state index < -0.39 is 0 Å². The Kier molecular flexibility index (Phi) is 4.88. The first kappa shape index (κ1) is 17.2. The SMILES string of the molecule is COc1ccc(C)cc1NC(=O)[C@@H]1CCCN1c1cc(C)nc(C)n1. The van der Waals surface area contributed by atoms with Gasteiger partial charge in [0.1, 0.15) is 23.4 Å². The second-order valence-corrected chi connectivity index (χ2v) is 6.46. The van der Waals surface area contributed by atoms with Crippen molar-refractivity contribution < 1.29 is 9.53 Å². The highest BCUT2D eigenvalue weighted by atomic mass is 16.5. The lowest BCUT2D eigenvalue weighted by molar-refractivity contribution is -0.117. The molecule has 132 valence electrons. The highest BCUT2D eigenvalue weighted by Crippen LogP contribution is 2.29. The Morgan fingerprint density at radius 3 is 2.76 bits per heavy atom. The molecular formula is C19H24N4O2. The topological polar surface area (TPSA) is 67.3 Å². The van der Waals surface area contributed by atoms with Crippen molar-refractivity contribution in [2.24, 2.45) is 0 Å². The fourth-order valence-electron chi connectivity index (χ4n) is 3.29. The maximum Gasteiger partial charge on any atom is 0.247 e. The van der Waals surface area contributed by atoms with E-state index in [2.05, 4.69) is 20.2 Å². The molecule has 1 amide bonds. The number of nitrogens with one attached hydrogen (secondary N) is 1. The third-order valence-electron chi connectivity index (χ3n) is 4.42. The van der Waals surface area contributed by atoms with Crippen LogP contribution in [0.3, 0.4) is 0 Å². The van der Waals surface area contributed by atoms with Crippen LogP contribution in [0.25, 0.3) is 0 Å². The highest BCUT2D eigenvalue weighted by molar-refractivity contribution is 5.98. The monoisotopic (exact) mass is 340 g/mol. The normalized spacial score (nSPS) is 16.8. The van der Waals surface area contributed by atoms with Crippen LogP contribution in [0.15, 0.2) is 24.3 Å². The van der Waals surface area contributed by atoms with Crippen molar-refractivity contribution >= 4 is 17.4 Å². The summed E-state index contributed by atoms with van der Waals surface area (Å²) < 4.78 is 5.36. The second-order valence-electron chi connectivity index (χ2n) is 6.46. The first-order chi connectivity index (χ1) is 12.0. The molecule has 1 fully saturated rings. The van der Waals surface area contributed by atoms with Gasteiger partial charge in [-0.15, -0.1) is 0 Å². The van der Waals surface area contributed by atoms with Gasteiger partial charge in [0.15, 0.2) is 0 Å². The number of methoxy groups -OCH3 is 1. The van der Waals surface area contributed by atoms with E-state index in [0.717, 1.165) is 42.3 Å². The average molecular weight is 340 g/mol. The molecule has 0 bridgehead atoms. The number of hydrogen-bond acceptors (Lipinski definition) is 5. The van der Waals surface area contributed by atoms with Gasteiger partial charge in [-0.25, -0.2) is 9.97 Å². The zero-order valence-corrected chi connectivity index (χ0v) is 15.2. The van der Waals surface area contributed by atoms with Gasteiger partial charge in [0, 0.05) is 18.3 Å². The van der Waals surface area contributed by atoms with Gasteiger partial charge in [0.2, 0.25) is 5.91 Å². The van der Waals surface area contributed by atoms with Crippen LogP contribution in [0, 0.1) is 20.8 Å². The molecule has 3 rings (SSSR count). The molecule has 0 radical (unpaired) electrons. The summed E-state index contributed by atoms with van der Waals surface area (Å²) in [6.45, 7) is 6.63. The molecule has 2 heterocycles. The zero-order chi connectivity index (χ0) is 18.0. The average Bonchev–Trinajstić information content (AvgIpc) is 3.04. The lowest BCUT2D eigenvalue weighted by Gasteiger charge is -2.25. The van der Waals surface area contributed by atoms with E-state index in [9.17, 15) is 4.79 Å². The minimum Gasteiger partial charge on any atom is -0.495 e. The van der Waals surface area contributed by atoms with Crippen LogP contribution in [0.5, 0.6) is 5.75 Å². The summed E-state index contributed by atoms with van der Waals surface area (Å²) in [7, 11) is 1.61. The summed E-state index contributed by atoms with van der Waals surface area (Å²) in [5.74, 6) is 2.17. The van der Waals surface area contributed by atoms with Crippen LogP contribution in [-0.2, 0) is 4.79 Å². The Bertz CT molecular complexity index is 771. The Labute approximate surface area is 148 Å². The van der Waals surface area contributed by atoms with Crippen molar-refractivity contribution in [2.45, 2.75) is 39.7 Å². The van der Waals surface area contributed by atoms with E-state index in [1.54, 1.807) is 7.11 Å². The van der Waals surface area contributed by atoms with Gasteiger partial charge in [0.05, 0.1) is 12.8 Å². The smallest absolute Gasteiger partial charge is 0.247 e. The number of carbonyl (C=O) groups excluding carboxylic acids is 1. The highest BCUT2D eigenvalue weighted by Gasteiger charge is 2.32. The van der Waals surface area contributed by atoms with Crippen molar-refractivity contribution in [1.29, 1.82) is 0 Å². The molecule has 6 heteroatoms. The summed E-state index contributed by atoms with van der Waals surface area (Å²) in [4.78, 5) is 23.8. The molecule has 25 heavy (non-hydrogen) atoms. The van der Waals surface area contributed by atoms with E-state index in [-0.39, 0.29) is 11.9 Å². The fourth-order valence-corrected chi connectivity index (χ4v) is 3.29. The lowest BCUT2D eigenvalue weighted by atomic mass is 10.1. The molecule has 0 saturated carbocycles. The van der Waals surface area contributed by atoms with Crippen molar-refractivity contribution in [1.82, 2.24) is 9.97 Å². The van der Waals surface area contributed by atoms with Crippen LogP contribution in [0.4, 0.5) is 11.5 Å². The Morgan fingerprint density at radius 2 is 2.04 bits per heavy atom. The molecule has 1 aliphatic rings. The van der Waals surface area contributed by atoms with E-state index in [1.807, 2.05) is 45.0 Å². The molecule has 6 nitrogen and oxygen atoms in total. The number of hydrogen-bond donors (Lipinski definition) is 1. The molecule has 0 spiro atoms. The van der Waals surface area contributed by atoms with Crippen LogP contribution >= 0.6 is 0 Å². The van der Waals surface area contributed by atoms with Gasteiger partial charge in [0.25, 0.3) is 0 Å². The van der Waals surface area contributed by atoms with Crippen molar-refractivity contribution in [2.75, 3.05) is 23.9 Å². The number of amides is 1. The van der Waals surface area contributed by atoms with Gasteiger partial charge in [-0.1, -0.05) is 6.07 Å². The van der Waals surface area contributed by atoms with E-state index in [0.29, 0.717) is 11.4 Å². The van der Waals surface area contributed by atoms with Gasteiger partial charge < -0.3 is 15.0 Å². The van der Waals surface area contributed by atoms with Crippen LogP contribution in [-0.4, -0.2) is 35.6 Å². The first-order valence-electron chi connectivity index (χ1n) is 8.52. The molecule has 1 aliphatic heterocycles. The molecule has 1 atom stereocenters. The van der Waals surface area contributed by atoms with Gasteiger partial charge in [-0.2, -0.15) is 0 Å². The number of anilines is 2. The second kappa shape index (κ2) is 7.09. The van der Waals surface area contributed by atoms with Gasteiger partial charge >= 0.3 is 0 Å². The first-order valence-corrected chi connectivity index (χ1v) is 8.52. The lowest BCUT2D eigenvalue weighted by Crippen LogP contribution is -2.40. The quantitative estimate of drug-likeness (QED) is 0.927. The molecular weight excluding hydrogens is 316 g/mol. The summed E-state index contributed by atoms with van der Waals surface area (Å²) in [5.41, 5.74) is 2.68. The van der Waals surface area contributed by atoms with E-state index >= 15 is 0 Å². The number of aromatic nitrogens is 2. The maximum absolute atomic E-state index is 12.9. The van der Waals surface area contributed by atoms with Gasteiger partial charge in [-0.3, -0.25) is 4.79 Å². The Morgan fingerprint density at radius 1 is 1.24 bits per heavy atom. The van der Waals surface area contributed by atoms with Crippen molar-refractivity contribution in [3.63, 3.8) is 0 Å². The number of aryl methyl sites for hydroxylation is 3. The predicted molar refractivity (Wildman–Crippen MR) is 98.2 cm³/mol. The van der Waals surface area contributed by atoms with Crippen LogP contribution in [0.1, 0.15) is 29.9 Å². The summed E-state index contributed by atoms with van der Waals surface area (Å²) in [6, 6.07) is 7.46. The zero-order valence-electron chi connectivity index (χ0n) is 15.2. The van der Waals surface area contributed by atoms with E-state index in [4.69, 9.17) is 4.74 Å². The molecule has 1 aromatic heterocycles. The largest absolute Gasteiger partial charge is 0.495 e. The number of rotatable bonds is 4. The molecule has 0 unspecified atom stereocenters. The van der Waals surface area contributed by atoms with Crippen molar-refractivity contribution in [3.05, 3.63) is 41.3 Å². The summed E-state index contributed by atoms with van der Waals surface area (Å²) >= 11 is 0. The number of benzene rings is 1. The minimum absolute atomic E-state index is 0.0321. The third kappa shape index (κ3) is 3.73. The summed E-state index contributed by atoms with van der Waals surface area (Å²) in [6.07, 6.45) is 1.77. The van der Waals surface area contributed by atoms with E-state index in [1.165, 1.54) is 0 Å². The molecule has 0 aliphatic carbocycles. The Hall–Kier alpha value is -2.63. The number of carbonyl (C=O) groups is 1. The number of nitrogens with zero attached hydrogens (tertiary/aromatic N) is 3. The van der Waals surface area contributed by atoms with Crippen LogP contribution in [0.2, 0.25) is 0 Å². The molecule has 1 saturated heterocycles. The predicted octanol–water partition coefficient (Wildman–Crippen LogP) is 3.02. The number of ether oxygens (including phenoxy) is 1. The third-order valence-corrected chi connectivity index (χ3v) is 4.42. The van der Waals surface area contributed by atoms with Gasteiger partial charge in [-0.05, 0) is 51.3 Å². The van der Waals surface area contributed by atoms with Crippen molar-refractivity contribution in [3.8, 4) is 5.75 Å². The molecule has 2 aromatic rings. The maximum atomic E-state index is 12.9. The molecule has 1 N–H and O–H groups in total. The molecule has 1 aromatic carbocycles. The fraction of sp³-hybridized carbons (Fsp3) is 0.421. The minimum atomic E-state index is -0.237.